The molecule has 0 bridgehead atoms. The molecule has 0 saturated carbocycles. The number of carbonyl (C=O) groups excluding carboxylic acids is 1. The Hall–Kier alpha value is -2.04. The van der Waals surface area contributed by atoms with Crippen LogP contribution in [0.1, 0.15) is 46.6 Å². The van der Waals surface area contributed by atoms with Gasteiger partial charge in [0.1, 0.15) is 5.75 Å². The molecule has 5 nitrogen and oxygen atoms in total. The quantitative estimate of drug-likeness (QED) is 0.809. The summed E-state index contributed by atoms with van der Waals surface area (Å²) in [6.07, 6.45) is -0.600. The van der Waals surface area contributed by atoms with Crippen LogP contribution in [0.25, 0.3) is 0 Å². The van der Waals surface area contributed by atoms with Crippen LogP contribution in [0.3, 0.4) is 0 Å². The van der Waals surface area contributed by atoms with Gasteiger partial charge in [-0.1, -0.05) is 39.8 Å². The predicted octanol–water partition coefficient (Wildman–Crippen LogP) is 2.98. The number of ether oxygens (including phenoxy) is 1. The summed E-state index contributed by atoms with van der Waals surface area (Å²) in [5.74, 6) is -0.592. The second-order valence-corrected chi connectivity index (χ2v) is 6.98. The van der Waals surface area contributed by atoms with Crippen LogP contribution in [0.15, 0.2) is 24.3 Å². The minimum Gasteiger partial charge on any atom is -0.481 e. The third-order valence-electron chi connectivity index (χ3n) is 3.55. The van der Waals surface area contributed by atoms with E-state index in [1.807, 2.05) is 24.3 Å². The Balaban J connectivity index is 2.50. The van der Waals surface area contributed by atoms with Crippen molar-refractivity contribution in [3.05, 3.63) is 29.8 Å². The highest BCUT2D eigenvalue weighted by molar-refractivity contribution is 5.80. The molecule has 0 spiro atoms. The Bertz CT molecular complexity index is 531. The molecule has 0 aliphatic heterocycles. The van der Waals surface area contributed by atoms with E-state index in [1.54, 1.807) is 13.8 Å². The number of carboxylic acid groups (broad SMARTS) is 1. The van der Waals surface area contributed by atoms with Gasteiger partial charge < -0.3 is 15.2 Å². The SMILES string of the molecule is CC(CNC(=O)C(C)Oc1ccc(C(C)(C)C)cc1)CC(=O)O. The Morgan fingerprint density at radius 3 is 2.22 bits per heavy atom. The largest absolute Gasteiger partial charge is 0.481 e. The van der Waals surface area contributed by atoms with Crippen molar-refractivity contribution in [2.75, 3.05) is 6.54 Å². The van der Waals surface area contributed by atoms with Crippen LogP contribution in [-0.4, -0.2) is 29.6 Å². The zero-order valence-electron chi connectivity index (χ0n) is 14.6. The van der Waals surface area contributed by atoms with Gasteiger partial charge in [0, 0.05) is 13.0 Å². The maximum Gasteiger partial charge on any atom is 0.303 e. The molecule has 2 N–H and O–H groups in total. The number of nitrogens with one attached hydrogen (secondary N) is 1. The average Bonchev–Trinajstić information content (AvgIpc) is 2.43. The van der Waals surface area contributed by atoms with Gasteiger partial charge in [-0.15, -0.1) is 0 Å². The smallest absolute Gasteiger partial charge is 0.303 e. The molecule has 0 aliphatic rings. The van der Waals surface area contributed by atoms with Crippen molar-refractivity contribution in [3.8, 4) is 5.75 Å². The van der Waals surface area contributed by atoms with Crippen molar-refractivity contribution in [2.45, 2.75) is 52.6 Å². The Kier molecular flexibility index (Phi) is 6.61. The maximum atomic E-state index is 12.0. The third kappa shape index (κ3) is 6.72. The Morgan fingerprint density at radius 1 is 1.17 bits per heavy atom. The third-order valence-corrected chi connectivity index (χ3v) is 3.55. The summed E-state index contributed by atoms with van der Waals surface area (Å²) in [4.78, 5) is 22.6. The molecule has 0 radical (unpaired) electrons. The molecule has 1 amide bonds. The molecule has 23 heavy (non-hydrogen) atoms. The topological polar surface area (TPSA) is 75.6 Å². The van der Waals surface area contributed by atoms with Gasteiger partial charge in [-0.25, -0.2) is 0 Å². The number of hydrogen-bond acceptors (Lipinski definition) is 3. The fourth-order valence-electron chi connectivity index (χ4n) is 2.08. The van der Waals surface area contributed by atoms with Crippen molar-refractivity contribution in [1.29, 1.82) is 0 Å². The monoisotopic (exact) mass is 321 g/mol. The van der Waals surface area contributed by atoms with Gasteiger partial charge in [0.05, 0.1) is 0 Å². The molecule has 0 saturated heterocycles. The summed E-state index contributed by atoms with van der Waals surface area (Å²) in [5, 5.41) is 11.4. The lowest BCUT2D eigenvalue weighted by molar-refractivity contribution is -0.138. The number of rotatable bonds is 7. The van der Waals surface area contributed by atoms with Gasteiger partial charge in [0.25, 0.3) is 5.91 Å². The van der Waals surface area contributed by atoms with Crippen molar-refractivity contribution in [1.82, 2.24) is 5.32 Å². The molecule has 0 fully saturated rings. The van der Waals surface area contributed by atoms with Gasteiger partial charge in [-0.3, -0.25) is 9.59 Å². The first-order valence-corrected chi connectivity index (χ1v) is 7.86. The normalized spacial score (nSPS) is 14.0. The van der Waals surface area contributed by atoms with Gasteiger partial charge in [0.15, 0.2) is 6.10 Å². The van der Waals surface area contributed by atoms with Gasteiger partial charge in [-0.2, -0.15) is 0 Å². The zero-order valence-corrected chi connectivity index (χ0v) is 14.6. The summed E-state index contributed by atoms with van der Waals surface area (Å²) in [6, 6.07) is 7.71. The molecule has 128 valence electrons. The van der Waals surface area contributed by atoms with E-state index in [4.69, 9.17) is 9.84 Å². The summed E-state index contributed by atoms with van der Waals surface area (Å²) >= 11 is 0. The highest BCUT2D eigenvalue weighted by Gasteiger charge is 2.17. The summed E-state index contributed by atoms with van der Waals surface area (Å²) < 4.78 is 5.63. The van der Waals surface area contributed by atoms with E-state index >= 15 is 0 Å². The summed E-state index contributed by atoms with van der Waals surface area (Å²) in [5.41, 5.74) is 1.27. The number of benzene rings is 1. The van der Waals surface area contributed by atoms with Crippen LogP contribution >= 0.6 is 0 Å². The lowest BCUT2D eigenvalue weighted by atomic mass is 9.87. The average molecular weight is 321 g/mol. The Morgan fingerprint density at radius 2 is 1.74 bits per heavy atom. The molecular formula is C18H27NO4. The number of hydrogen-bond donors (Lipinski definition) is 2. The van der Waals surface area contributed by atoms with E-state index < -0.39 is 12.1 Å². The standard InChI is InChI=1S/C18H27NO4/c1-12(10-16(20)21)11-19-17(22)13(2)23-15-8-6-14(7-9-15)18(3,4)5/h6-9,12-13H,10-11H2,1-5H3,(H,19,22)(H,20,21). The van der Waals surface area contributed by atoms with E-state index in [9.17, 15) is 9.59 Å². The molecule has 0 heterocycles. The second kappa shape index (κ2) is 7.99. The van der Waals surface area contributed by atoms with Crippen LogP contribution in [0.4, 0.5) is 0 Å². The summed E-state index contributed by atoms with van der Waals surface area (Å²) in [6.45, 7) is 10.2. The van der Waals surface area contributed by atoms with E-state index in [-0.39, 0.29) is 23.7 Å². The highest BCUT2D eigenvalue weighted by Crippen LogP contribution is 2.24. The number of carboxylic acids is 1. The fourth-order valence-corrected chi connectivity index (χ4v) is 2.08. The minimum absolute atomic E-state index is 0.0315. The van der Waals surface area contributed by atoms with Crippen LogP contribution in [0, 0.1) is 5.92 Å². The first kappa shape index (κ1) is 19.0. The molecule has 1 aromatic carbocycles. The lowest BCUT2D eigenvalue weighted by Crippen LogP contribution is -2.38. The maximum absolute atomic E-state index is 12.0. The minimum atomic E-state index is -0.866. The first-order valence-electron chi connectivity index (χ1n) is 7.86. The highest BCUT2D eigenvalue weighted by atomic mass is 16.5. The first-order chi connectivity index (χ1) is 10.6. The molecule has 0 aromatic heterocycles. The number of aliphatic carboxylic acids is 1. The van der Waals surface area contributed by atoms with Crippen LogP contribution in [-0.2, 0) is 15.0 Å². The van der Waals surface area contributed by atoms with E-state index in [2.05, 4.69) is 26.1 Å². The number of amides is 1. The molecule has 2 unspecified atom stereocenters. The molecule has 0 aliphatic carbocycles. The van der Waals surface area contributed by atoms with E-state index in [0.29, 0.717) is 12.3 Å². The van der Waals surface area contributed by atoms with E-state index in [0.717, 1.165) is 0 Å². The molecule has 2 atom stereocenters. The predicted molar refractivity (Wildman–Crippen MR) is 89.7 cm³/mol. The van der Waals surface area contributed by atoms with Gasteiger partial charge in [0.2, 0.25) is 0 Å². The van der Waals surface area contributed by atoms with Crippen molar-refractivity contribution in [3.63, 3.8) is 0 Å². The molecule has 1 rings (SSSR count). The Labute approximate surface area is 138 Å². The molecule has 1 aromatic rings. The van der Waals surface area contributed by atoms with Crippen LogP contribution < -0.4 is 10.1 Å². The number of carbonyl (C=O) groups is 2. The van der Waals surface area contributed by atoms with Crippen LogP contribution in [0.5, 0.6) is 5.75 Å². The van der Waals surface area contributed by atoms with Gasteiger partial charge in [-0.05, 0) is 36.0 Å². The second-order valence-electron chi connectivity index (χ2n) is 6.98. The van der Waals surface area contributed by atoms with Crippen molar-refractivity contribution >= 4 is 11.9 Å². The molecular weight excluding hydrogens is 294 g/mol. The van der Waals surface area contributed by atoms with Crippen molar-refractivity contribution < 1.29 is 19.4 Å². The molecule has 5 heteroatoms. The fraction of sp³-hybridized carbons (Fsp3) is 0.556. The zero-order chi connectivity index (χ0) is 17.6. The van der Waals surface area contributed by atoms with Crippen molar-refractivity contribution in [2.24, 2.45) is 5.92 Å². The van der Waals surface area contributed by atoms with Crippen LogP contribution in [0.2, 0.25) is 0 Å². The lowest BCUT2D eigenvalue weighted by Gasteiger charge is -2.20. The van der Waals surface area contributed by atoms with E-state index in [1.165, 1.54) is 5.56 Å². The summed E-state index contributed by atoms with van der Waals surface area (Å²) in [7, 11) is 0. The van der Waals surface area contributed by atoms with Gasteiger partial charge >= 0.3 is 5.97 Å².